The van der Waals surface area contributed by atoms with Crippen LogP contribution in [0.2, 0.25) is 0 Å². The minimum absolute atomic E-state index is 0.0908. The third-order valence-corrected chi connectivity index (χ3v) is 4.26. The fourth-order valence-electron chi connectivity index (χ4n) is 3.04. The maximum Gasteiger partial charge on any atom is 0.243 e. The lowest BCUT2D eigenvalue weighted by molar-refractivity contribution is -0.119. The molecular formula is C15H20N2O. The van der Waals surface area contributed by atoms with Gasteiger partial charge in [-0.1, -0.05) is 31.5 Å². The van der Waals surface area contributed by atoms with Crippen LogP contribution in [0.4, 0.5) is 5.69 Å². The zero-order valence-electron chi connectivity index (χ0n) is 10.9. The van der Waals surface area contributed by atoms with Gasteiger partial charge in [0.1, 0.15) is 0 Å². The molecule has 2 N–H and O–H groups in total. The largest absolute Gasteiger partial charge is 0.320 e. The Labute approximate surface area is 108 Å². The van der Waals surface area contributed by atoms with Gasteiger partial charge < -0.3 is 10.6 Å². The first kappa shape index (κ1) is 11.7. The average molecular weight is 244 g/mol. The van der Waals surface area contributed by atoms with E-state index in [0.717, 1.165) is 25.1 Å². The van der Waals surface area contributed by atoms with Crippen molar-refractivity contribution in [3.05, 3.63) is 29.8 Å². The Bertz CT molecular complexity index is 479. The SMILES string of the molecule is CCCC(N)C(=O)N1CC2(CC2)c2ccccc21. The molecule has 1 aliphatic heterocycles. The van der Waals surface area contributed by atoms with Crippen molar-refractivity contribution in [3.63, 3.8) is 0 Å². The van der Waals surface area contributed by atoms with E-state index in [1.807, 2.05) is 11.0 Å². The monoisotopic (exact) mass is 244 g/mol. The summed E-state index contributed by atoms with van der Waals surface area (Å²) in [6.07, 6.45) is 4.13. The predicted molar refractivity (Wildman–Crippen MR) is 72.6 cm³/mol. The molecule has 3 rings (SSSR count). The van der Waals surface area contributed by atoms with Crippen LogP contribution in [0.15, 0.2) is 24.3 Å². The molecule has 1 heterocycles. The van der Waals surface area contributed by atoms with Crippen LogP contribution in [0.5, 0.6) is 0 Å². The van der Waals surface area contributed by atoms with Crippen molar-refractivity contribution in [2.75, 3.05) is 11.4 Å². The predicted octanol–water partition coefficient (Wildman–Crippen LogP) is 2.19. The highest BCUT2D eigenvalue weighted by Gasteiger charge is 2.53. The van der Waals surface area contributed by atoms with E-state index in [1.165, 1.54) is 18.4 Å². The lowest BCUT2D eigenvalue weighted by Crippen LogP contribution is -2.44. The van der Waals surface area contributed by atoms with Crippen LogP contribution in [0.3, 0.4) is 0 Å². The molecule has 1 aliphatic carbocycles. The van der Waals surface area contributed by atoms with Crippen LogP contribution < -0.4 is 10.6 Å². The van der Waals surface area contributed by atoms with Crippen LogP contribution in [0, 0.1) is 0 Å². The molecule has 0 aromatic heterocycles. The van der Waals surface area contributed by atoms with E-state index in [9.17, 15) is 4.79 Å². The summed E-state index contributed by atoms with van der Waals surface area (Å²) < 4.78 is 0. The van der Waals surface area contributed by atoms with E-state index < -0.39 is 0 Å². The minimum Gasteiger partial charge on any atom is -0.320 e. The van der Waals surface area contributed by atoms with Crippen molar-refractivity contribution in [2.45, 2.75) is 44.1 Å². The van der Waals surface area contributed by atoms with Crippen LogP contribution in [-0.2, 0) is 10.2 Å². The van der Waals surface area contributed by atoms with Crippen molar-refractivity contribution in [2.24, 2.45) is 5.73 Å². The first-order valence-electron chi connectivity index (χ1n) is 6.84. The molecule has 1 unspecified atom stereocenters. The standard InChI is InChI=1S/C15H20N2O/c1-2-5-12(16)14(18)17-10-15(8-9-15)11-6-3-4-7-13(11)17/h3-4,6-7,12H,2,5,8-10,16H2,1H3. The summed E-state index contributed by atoms with van der Waals surface area (Å²) in [6, 6.07) is 7.95. The van der Waals surface area contributed by atoms with Gasteiger partial charge in [0.05, 0.1) is 6.04 Å². The summed E-state index contributed by atoms with van der Waals surface area (Å²) >= 11 is 0. The van der Waals surface area contributed by atoms with Gasteiger partial charge in [-0.2, -0.15) is 0 Å². The summed E-state index contributed by atoms with van der Waals surface area (Å²) in [5.74, 6) is 0.0908. The molecule has 96 valence electrons. The van der Waals surface area contributed by atoms with Crippen LogP contribution in [-0.4, -0.2) is 18.5 Å². The molecule has 1 saturated carbocycles. The van der Waals surface area contributed by atoms with Gasteiger partial charge >= 0.3 is 0 Å². The van der Waals surface area contributed by atoms with Crippen LogP contribution >= 0.6 is 0 Å². The first-order valence-corrected chi connectivity index (χ1v) is 6.84. The molecule has 1 fully saturated rings. The van der Waals surface area contributed by atoms with Gasteiger partial charge in [-0.05, 0) is 30.9 Å². The third kappa shape index (κ3) is 1.65. The smallest absolute Gasteiger partial charge is 0.243 e. The van der Waals surface area contributed by atoms with Gasteiger partial charge in [-0.25, -0.2) is 0 Å². The van der Waals surface area contributed by atoms with Crippen molar-refractivity contribution < 1.29 is 4.79 Å². The zero-order valence-corrected chi connectivity index (χ0v) is 10.9. The lowest BCUT2D eigenvalue weighted by Gasteiger charge is -2.21. The number of carbonyl (C=O) groups excluding carboxylic acids is 1. The van der Waals surface area contributed by atoms with Gasteiger partial charge in [0.2, 0.25) is 5.91 Å². The molecule has 1 aromatic rings. The Morgan fingerprint density at radius 2 is 2.17 bits per heavy atom. The highest BCUT2D eigenvalue weighted by Crippen LogP contribution is 2.56. The molecule has 3 heteroatoms. The average Bonchev–Trinajstić information content (AvgIpc) is 3.08. The van der Waals surface area contributed by atoms with E-state index in [4.69, 9.17) is 5.73 Å². The number of para-hydroxylation sites is 1. The zero-order chi connectivity index (χ0) is 12.8. The van der Waals surface area contributed by atoms with E-state index >= 15 is 0 Å². The number of hydrogen-bond acceptors (Lipinski definition) is 2. The highest BCUT2D eigenvalue weighted by atomic mass is 16.2. The number of amides is 1. The number of carbonyl (C=O) groups is 1. The molecule has 0 radical (unpaired) electrons. The van der Waals surface area contributed by atoms with Crippen molar-refractivity contribution in [1.29, 1.82) is 0 Å². The first-order chi connectivity index (χ1) is 8.68. The second-order valence-electron chi connectivity index (χ2n) is 5.62. The van der Waals surface area contributed by atoms with Gasteiger partial charge in [0.25, 0.3) is 0 Å². The molecule has 0 bridgehead atoms. The lowest BCUT2D eigenvalue weighted by atomic mass is 9.99. The molecule has 18 heavy (non-hydrogen) atoms. The van der Waals surface area contributed by atoms with Gasteiger partial charge in [0.15, 0.2) is 0 Å². The van der Waals surface area contributed by atoms with Crippen molar-refractivity contribution in [1.82, 2.24) is 0 Å². The summed E-state index contributed by atoms with van der Waals surface area (Å²) in [7, 11) is 0. The number of fused-ring (bicyclic) bond motifs is 2. The number of nitrogens with zero attached hydrogens (tertiary/aromatic N) is 1. The normalized spacial score (nSPS) is 20.9. The number of anilines is 1. The minimum atomic E-state index is -0.350. The molecule has 1 spiro atoms. The van der Waals surface area contributed by atoms with Crippen molar-refractivity contribution in [3.8, 4) is 0 Å². The molecule has 0 saturated heterocycles. The Balaban J connectivity index is 1.89. The molecule has 1 amide bonds. The Kier molecular flexibility index (Phi) is 2.67. The van der Waals surface area contributed by atoms with Gasteiger partial charge in [-0.3, -0.25) is 4.79 Å². The number of hydrogen-bond donors (Lipinski definition) is 1. The number of rotatable bonds is 3. The highest BCUT2D eigenvalue weighted by molar-refractivity contribution is 5.99. The Hall–Kier alpha value is -1.35. The van der Waals surface area contributed by atoms with E-state index in [-0.39, 0.29) is 17.4 Å². The maximum atomic E-state index is 12.4. The second-order valence-corrected chi connectivity index (χ2v) is 5.62. The van der Waals surface area contributed by atoms with E-state index in [0.29, 0.717) is 0 Å². The summed E-state index contributed by atoms with van der Waals surface area (Å²) in [5, 5.41) is 0. The summed E-state index contributed by atoms with van der Waals surface area (Å²) in [4.78, 5) is 14.3. The van der Waals surface area contributed by atoms with Crippen LogP contribution in [0.1, 0.15) is 38.2 Å². The van der Waals surface area contributed by atoms with Crippen LogP contribution in [0.25, 0.3) is 0 Å². The number of nitrogens with two attached hydrogens (primary N) is 1. The fraction of sp³-hybridized carbons (Fsp3) is 0.533. The second kappa shape index (κ2) is 4.09. The van der Waals surface area contributed by atoms with Gasteiger partial charge in [-0.15, -0.1) is 0 Å². The molecule has 2 aliphatic rings. The molecular weight excluding hydrogens is 224 g/mol. The van der Waals surface area contributed by atoms with E-state index in [1.54, 1.807) is 0 Å². The number of benzene rings is 1. The molecule has 1 aromatic carbocycles. The Morgan fingerprint density at radius 1 is 1.44 bits per heavy atom. The topological polar surface area (TPSA) is 46.3 Å². The maximum absolute atomic E-state index is 12.4. The summed E-state index contributed by atoms with van der Waals surface area (Å²) in [5.41, 5.74) is 8.68. The fourth-order valence-corrected chi connectivity index (χ4v) is 3.04. The molecule has 3 nitrogen and oxygen atoms in total. The third-order valence-electron chi connectivity index (χ3n) is 4.26. The summed E-state index contributed by atoms with van der Waals surface area (Å²) in [6.45, 7) is 2.90. The quantitative estimate of drug-likeness (QED) is 0.886. The van der Waals surface area contributed by atoms with E-state index in [2.05, 4.69) is 25.1 Å². The van der Waals surface area contributed by atoms with Gasteiger partial charge in [0, 0.05) is 17.6 Å². The Morgan fingerprint density at radius 3 is 2.83 bits per heavy atom. The van der Waals surface area contributed by atoms with Crippen molar-refractivity contribution >= 4 is 11.6 Å². The molecule has 1 atom stereocenters.